The number of pyridine rings is 2. The molecular formula is C23H14F5N7O2. The van der Waals surface area contributed by atoms with Crippen molar-refractivity contribution in [2.24, 2.45) is 11.5 Å². The van der Waals surface area contributed by atoms with E-state index in [1.807, 2.05) is 6.07 Å². The Hall–Kier alpha value is -4.93. The van der Waals surface area contributed by atoms with Crippen LogP contribution < -0.4 is 11.5 Å². The molecule has 4 N–H and O–H groups in total. The van der Waals surface area contributed by atoms with Gasteiger partial charge in [-0.3, -0.25) is 19.3 Å². The van der Waals surface area contributed by atoms with Gasteiger partial charge < -0.3 is 11.5 Å². The fourth-order valence-corrected chi connectivity index (χ4v) is 3.87. The van der Waals surface area contributed by atoms with Crippen LogP contribution in [-0.2, 0) is 12.7 Å². The molecule has 0 saturated carbocycles. The molecule has 9 nitrogen and oxygen atoms in total. The number of nitrogens with zero attached hydrogens (tertiary/aromatic N) is 5. The van der Waals surface area contributed by atoms with Crippen molar-refractivity contribution in [3.8, 4) is 17.2 Å². The van der Waals surface area contributed by atoms with E-state index in [1.54, 1.807) is 0 Å². The summed E-state index contributed by atoms with van der Waals surface area (Å²) < 4.78 is 71.3. The molecule has 4 rings (SSSR count). The fraction of sp³-hybridized carbons (Fsp3) is 0.130. The Labute approximate surface area is 204 Å². The van der Waals surface area contributed by atoms with E-state index in [9.17, 15) is 31.5 Å². The maximum Gasteiger partial charge on any atom is 0.435 e. The van der Waals surface area contributed by atoms with Gasteiger partial charge in [0.2, 0.25) is 5.91 Å². The van der Waals surface area contributed by atoms with Gasteiger partial charge in [0, 0.05) is 34.5 Å². The molecule has 0 aliphatic heterocycles. The standard InChI is InChI=1S/C23H14F5N7O2/c1-9-16(20(23(26,27)28)34-35(9)8-11-3-2-10(6-29)7-32-11)18-17(21(30)36)12-4-13(24)14(25)5-15(12)33-19(18)22(31)37/h2-5,7H,8H2,1H3,(H2,30,36)(H2,31,37). The average molecular weight is 515 g/mol. The molecule has 0 spiro atoms. The highest BCUT2D eigenvalue weighted by Crippen LogP contribution is 2.42. The van der Waals surface area contributed by atoms with Crippen molar-refractivity contribution in [2.75, 3.05) is 0 Å². The number of nitriles is 1. The highest BCUT2D eigenvalue weighted by atomic mass is 19.4. The van der Waals surface area contributed by atoms with Crippen molar-refractivity contribution >= 4 is 22.7 Å². The zero-order valence-electron chi connectivity index (χ0n) is 18.7. The molecule has 2 amide bonds. The highest BCUT2D eigenvalue weighted by Gasteiger charge is 2.41. The summed E-state index contributed by atoms with van der Waals surface area (Å²) in [6, 6.07) is 5.78. The third-order valence-electron chi connectivity index (χ3n) is 5.50. The number of carbonyl (C=O) groups is 2. The molecule has 0 aliphatic rings. The molecular weight excluding hydrogens is 501 g/mol. The smallest absolute Gasteiger partial charge is 0.366 e. The Morgan fingerprint density at radius 3 is 2.30 bits per heavy atom. The van der Waals surface area contributed by atoms with Gasteiger partial charge in [0.1, 0.15) is 11.8 Å². The second-order valence-electron chi connectivity index (χ2n) is 7.84. The van der Waals surface area contributed by atoms with Gasteiger partial charge in [0.05, 0.1) is 28.9 Å². The van der Waals surface area contributed by atoms with Crippen molar-refractivity contribution in [1.29, 1.82) is 5.26 Å². The minimum absolute atomic E-state index is 0.188. The normalized spacial score (nSPS) is 11.5. The van der Waals surface area contributed by atoms with Gasteiger partial charge >= 0.3 is 6.18 Å². The monoisotopic (exact) mass is 515 g/mol. The first kappa shape index (κ1) is 25.2. The van der Waals surface area contributed by atoms with Crippen LogP contribution in [0, 0.1) is 29.9 Å². The topological polar surface area (TPSA) is 154 Å². The zero-order chi connectivity index (χ0) is 27.2. The molecule has 3 aromatic heterocycles. The molecule has 4 aromatic rings. The first-order valence-electron chi connectivity index (χ1n) is 10.3. The van der Waals surface area contributed by atoms with Crippen LogP contribution in [0.5, 0.6) is 0 Å². The number of carbonyl (C=O) groups excluding carboxylic acids is 2. The van der Waals surface area contributed by atoms with Crippen LogP contribution in [-0.4, -0.2) is 31.6 Å². The zero-order valence-corrected chi connectivity index (χ0v) is 18.7. The number of fused-ring (bicyclic) bond motifs is 1. The maximum absolute atomic E-state index is 14.2. The quantitative estimate of drug-likeness (QED) is 0.389. The van der Waals surface area contributed by atoms with Crippen LogP contribution >= 0.6 is 0 Å². The second kappa shape index (κ2) is 8.94. The van der Waals surface area contributed by atoms with Crippen molar-refractivity contribution < 1.29 is 31.5 Å². The van der Waals surface area contributed by atoms with E-state index in [0.717, 1.165) is 4.68 Å². The van der Waals surface area contributed by atoms with Crippen molar-refractivity contribution in [1.82, 2.24) is 19.7 Å². The summed E-state index contributed by atoms with van der Waals surface area (Å²) in [7, 11) is 0. The second-order valence-corrected chi connectivity index (χ2v) is 7.84. The van der Waals surface area contributed by atoms with E-state index < -0.39 is 68.6 Å². The summed E-state index contributed by atoms with van der Waals surface area (Å²) in [5.74, 6) is -5.50. The first-order valence-corrected chi connectivity index (χ1v) is 10.3. The lowest BCUT2D eigenvalue weighted by atomic mass is 9.92. The molecule has 0 bridgehead atoms. The molecule has 188 valence electrons. The van der Waals surface area contributed by atoms with Gasteiger partial charge in [-0.05, 0) is 25.1 Å². The lowest BCUT2D eigenvalue weighted by molar-refractivity contribution is -0.141. The van der Waals surface area contributed by atoms with Crippen LogP contribution in [0.15, 0.2) is 30.5 Å². The van der Waals surface area contributed by atoms with E-state index >= 15 is 0 Å². The van der Waals surface area contributed by atoms with E-state index in [1.165, 1.54) is 25.3 Å². The summed E-state index contributed by atoms with van der Waals surface area (Å²) in [5.41, 5.74) is 6.18. The maximum atomic E-state index is 14.2. The average Bonchev–Trinajstić information content (AvgIpc) is 3.15. The fourth-order valence-electron chi connectivity index (χ4n) is 3.87. The predicted octanol–water partition coefficient (Wildman–Crippen LogP) is 3.22. The highest BCUT2D eigenvalue weighted by molar-refractivity contribution is 6.15. The first-order chi connectivity index (χ1) is 17.3. The molecule has 0 aliphatic carbocycles. The lowest BCUT2D eigenvalue weighted by Crippen LogP contribution is -2.22. The van der Waals surface area contributed by atoms with E-state index in [-0.39, 0.29) is 23.5 Å². The van der Waals surface area contributed by atoms with Gasteiger partial charge in [0.25, 0.3) is 5.91 Å². The Balaban J connectivity index is 2.09. The summed E-state index contributed by atoms with van der Waals surface area (Å²) >= 11 is 0. The molecule has 0 saturated heterocycles. The Kier molecular flexibility index (Phi) is 6.08. The molecule has 0 fully saturated rings. The van der Waals surface area contributed by atoms with Crippen molar-refractivity contribution in [2.45, 2.75) is 19.6 Å². The molecule has 0 radical (unpaired) electrons. The van der Waals surface area contributed by atoms with Crippen LogP contribution in [0.2, 0.25) is 0 Å². The molecule has 0 unspecified atom stereocenters. The Morgan fingerprint density at radius 1 is 1.08 bits per heavy atom. The van der Waals surface area contributed by atoms with Gasteiger partial charge in [-0.2, -0.15) is 23.5 Å². The molecule has 1 aromatic carbocycles. The number of halogens is 5. The van der Waals surface area contributed by atoms with Crippen LogP contribution in [0.3, 0.4) is 0 Å². The van der Waals surface area contributed by atoms with Gasteiger partial charge in [-0.25, -0.2) is 13.8 Å². The van der Waals surface area contributed by atoms with Crippen LogP contribution in [0.4, 0.5) is 22.0 Å². The van der Waals surface area contributed by atoms with Gasteiger partial charge in [-0.15, -0.1) is 0 Å². The molecule has 14 heteroatoms. The van der Waals surface area contributed by atoms with E-state index in [2.05, 4.69) is 15.1 Å². The van der Waals surface area contributed by atoms with Crippen molar-refractivity contribution in [3.63, 3.8) is 0 Å². The number of benzene rings is 1. The number of rotatable bonds is 5. The summed E-state index contributed by atoms with van der Waals surface area (Å²) in [5, 5.41) is 12.1. The van der Waals surface area contributed by atoms with E-state index in [0.29, 0.717) is 12.1 Å². The minimum Gasteiger partial charge on any atom is -0.366 e. The minimum atomic E-state index is -5.10. The van der Waals surface area contributed by atoms with Crippen LogP contribution in [0.1, 0.15) is 43.5 Å². The Morgan fingerprint density at radius 2 is 1.76 bits per heavy atom. The summed E-state index contributed by atoms with van der Waals surface area (Å²) in [6.45, 7) is 0.936. The molecule has 37 heavy (non-hydrogen) atoms. The van der Waals surface area contributed by atoms with Gasteiger partial charge in [-0.1, -0.05) is 0 Å². The number of primary amides is 2. The summed E-state index contributed by atoms with van der Waals surface area (Å²) in [4.78, 5) is 32.6. The number of amides is 2. The summed E-state index contributed by atoms with van der Waals surface area (Å²) in [6.07, 6.45) is -3.88. The third-order valence-corrected chi connectivity index (χ3v) is 5.50. The number of nitrogens with two attached hydrogens (primary N) is 2. The van der Waals surface area contributed by atoms with Gasteiger partial charge in [0.15, 0.2) is 17.3 Å². The SMILES string of the molecule is Cc1c(-c2c(C(N)=O)nc3cc(F)c(F)cc3c2C(N)=O)c(C(F)(F)F)nn1Cc1ccc(C#N)cn1. The molecule has 0 atom stereocenters. The van der Waals surface area contributed by atoms with E-state index in [4.69, 9.17) is 16.7 Å². The van der Waals surface area contributed by atoms with Crippen molar-refractivity contribution in [3.05, 3.63) is 76.0 Å². The number of aromatic nitrogens is 4. The number of hydrogen-bond donors (Lipinski definition) is 2. The lowest BCUT2D eigenvalue weighted by Gasteiger charge is -2.16. The number of hydrogen-bond acceptors (Lipinski definition) is 6. The molecule has 3 heterocycles. The van der Waals surface area contributed by atoms with Crippen LogP contribution in [0.25, 0.3) is 22.0 Å². The largest absolute Gasteiger partial charge is 0.435 e. The number of alkyl halides is 3. The predicted molar refractivity (Wildman–Crippen MR) is 118 cm³/mol. The third kappa shape index (κ3) is 4.42. The Bertz CT molecular complexity index is 1640.